The van der Waals surface area contributed by atoms with Gasteiger partial charge in [0, 0.05) is 26.2 Å². The van der Waals surface area contributed by atoms with Gasteiger partial charge in [-0.15, -0.1) is 0 Å². The minimum Gasteiger partial charge on any atom is -0.364 e. The number of nitrogens with one attached hydrogen (secondary N) is 2. The molecule has 0 saturated heterocycles. The maximum absolute atomic E-state index is 11.6. The van der Waals surface area contributed by atoms with Crippen LogP contribution in [0.1, 0.15) is 27.8 Å². The molecule has 96 valence electrons. The fourth-order valence-electron chi connectivity index (χ4n) is 1.19. The number of aromatic nitrogens is 1. The monoisotopic (exact) mass is 250 g/mol. The number of nitrogens with zero attached hydrogens (tertiary/aromatic N) is 1. The summed E-state index contributed by atoms with van der Waals surface area (Å²) in [5.41, 5.74) is 5.45. The van der Waals surface area contributed by atoms with E-state index in [1.807, 2.05) is 0 Å². The molecule has 0 bridgehead atoms. The molecule has 0 aliphatic carbocycles. The Balaban J connectivity index is 2.46. The predicted molar refractivity (Wildman–Crippen MR) is 63.8 cm³/mol. The topological polar surface area (TPSA) is 114 Å². The number of carbonyl (C=O) groups is 3. The van der Waals surface area contributed by atoms with Gasteiger partial charge < -0.3 is 16.4 Å². The molecule has 1 heterocycles. The molecule has 0 radical (unpaired) electrons. The van der Waals surface area contributed by atoms with E-state index in [9.17, 15) is 14.4 Å². The second kappa shape index (κ2) is 6.33. The molecule has 1 aromatic heterocycles. The van der Waals surface area contributed by atoms with Crippen LogP contribution in [0, 0.1) is 0 Å². The number of primary amides is 1. The summed E-state index contributed by atoms with van der Waals surface area (Å²) in [6.07, 6.45) is 1.27. The largest absolute Gasteiger partial charge is 0.364 e. The van der Waals surface area contributed by atoms with E-state index >= 15 is 0 Å². The van der Waals surface area contributed by atoms with Gasteiger partial charge >= 0.3 is 0 Å². The second-order valence-corrected chi connectivity index (χ2v) is 3.54. The van der Waals surface area contributed by atoms with E-state index in [0.717, 1.165) is 0 Å². The molecule has 0 aliphatic heterocycles. The highest BCUT2D eigenvalue weighted by Crippen LogP contribution is 1.99. The van der Waals surface area contributed by atoms with Crippen LogP contribution in [0.4, 0.5) is 0 Å². The summed E-state index contributed by atoms with van der Waals surface area (Å²) in [7, 11) is 0. The second-order valence-electron chi connectivity index (χ2n) is 3.54. The zero-order valence-corrected chi connectivity index (χ0v) is 9.90. The molecular weight excluding hydrogens is 236 g/mol. The summed E-state index contributed by atoms with van der Waals surface area (Å²) in [4.78, 5) is 36.7. The Morgan fingerprint density at radius 3 is 2.39 bits per heavy atom. The van der Waals surface area contributed by atoms with E-state index in [-0.39, 0.29) is 17.5 Å². The van der Waals surface area contributed by atoms with E-state index in [1.54, 1.807) is 0 Å². The van der Waals surface area contributed by atoms with Gasteiger partial charge in [0.05, 0.1) is 5.56 Å². The molecule has 3 amide bonds. The maximum atomic E-state index is 11.6. The molecular formula is C11H14N4O3. The molecule has 0 unspecified atom stereocenters. The molecule has 0 fully saturated rings. The van der Waals surface area contributed by atoms with Gasteiger partial charge in [-0.1, -0.05) is 0 Å². The van der Waals surface area contributed by atoms with Crippen LogP contribution in [0.2, 0.25) is 0 Å². The van der Waals surface area contributed by atoms with Crippen LogP contribution in [0.25, 0.3) is 0 Å². The van der Waals surface area contributed by atoms with Crippen LogP contribution in [0.5, 0.6) is 0 Å². The van der Waals surface area contributed by atoms with Crippen molar-refractivity contribution in [2.24, 2.45) is 5.73 Å². The first-order valence-electron chi connectivity index (χ1n) is 5.29. The number of nitrogens with two attached hydrogens (primary N) is 1. The van der Waals surface area contributed by atoms with Crippen molar-refractivity contribution in [3.63, 3.8) is 0 Å². The fraction of sp³-hybridized carbons (Fsp3) is 0.273. The van der Waals surface area contributed by atoms with Crippen LogP contribution in [0.15, 0.2) is 18.3 Å². The number of hydrogen-bond donors (Lipinski definition) is 3. The van der Waals surface area contributed by atoms with Crippen molar-refractivity contribution in [3.05, 3.63) is 29.6 Å². The molecule has 1 rings (SSSR count). The Hall–Kier alpha value is -2.44. The Bertz CT molecular complexity index is 456. The van der Waals surface area contributed by atoms with E-state index in [1.165, 1.54) is 25.3 Å². The quantitative estimate of drug-likeness (QED) is 0.584. The van der Waals surface area contributed by atoms with Crippen LogP contribution in [-0.2, 0) is 4.79 Å². The first kappa shape index (κ1) is 13.6. The Kier molecular flexibility index (Phi) is 4.79. The summed E-state index contributed by atoms with van der Waals surface area (Å²) in [5.74, 6) is -1.13. The van der Waals surface area contributed by atoms with E-state index in [0.29, 0.717) is 18.7 Å². The molecule has 0 spiro atoms. The van der Waals surface area contributed by atoms with Crippen LogP contribution in [-0.4, -0.2) is 35.8 Å². The summed E-state index contributed by atoms with van der Waals surface area (Å²) < 4.78 is 0. The van der Waals surface area contributed by atoms with Gasteiger partial charge in [-0.3, -0.25) is 19.4 Å². The Labute approximate surface area is 104 Å². The highest BCUT2D eigenvalue weighted by atomic mass is 16.2. The number of hydrogen-bond acceptors (Lipinski definition) is 4. The lowest BCUT2D eigenvalue weighted by Crippen LogP contribution is -2.33. The lowest BCUT2D eigenvalue weighted by molar-refractivity contribution is -0.118. The number of rotatable bonds is 5. The van der Waals surface area contributed by atoms with Crippen LogP contribution < -0.4 is 16.4 Å². The first-order valence-corrected chi connectivity index (χ1v) is 5.29. The van der Waals surface area contributed by atoms with E-state index in [4.69, 9.17) is 5.73 Å². The SMILES string of the molecule is CC(=O)NCCNC(=O)c1ccc(C(N)=O)nc1. The zero-order valence-electron chi connectivity index (χ0n) is 9.90. The summed E-state index contributed by atoms with van der Waals surface area (Å²) in [6, 6.07) is 2.84. The maximum Gasteiger partial charge on any atom is 0.267 e. The normalized spacial score (nSPS) is 9.61. The van der Waals surface area contributed by atoms with Gasteiger partial charge in [0.25, 0.3) is 11.8 Å². The highest BCUT2D eigenvalue weighted by molar-refractivity contribution is 5.95. The lowest BCUT2D eigenvalue weighted by atomic mass is 10.2. The zero-order chi connectivity index (χ0) is 13.5. The molecule has 4 N–H and O–H groups in total. The average molecular weight is 250 g/mol. The molecule has 1 aromatic rings. The van der Waals surface area contributed by atoms with Crippen molar-refractivity contribution in [1.29, 1.82) is 0 Å². The standard InChI is InChI=1S/C11H14N4O3/c1-7(16)13-4-5-14-11(18)8-2-3-9(10(12)17)15-6-8/h2-3,6H,4-5H2,1H3,(H2,12,17)(H,13,16)(H,14,18). The summed E-state index contributed by atoms with van der Waals surface area (Å²) >= 11 is 0. The van der Waals surface area contributed by atoms with Crippen molar-refractivity contribution in [1.82, 2.24) is 15.6 Å². The lowest BCUT2D eigenvalue weighted by Gasteiger charge is -2.05. The number of pyridine rings is 1. The summed E-state index contributed by atoms with van der Waals surface area (Å²) in [6.45, 7) is 2.07. The van der Waals surface area contributed by atoms with Crippen molar-refractivity contribution < 1.29 is 14.4 Å². The molecule has 0 saturated carbocycles. The molecule has 0 atom stereocenters. The van der Waals surface area contributed by atoms with Crippen molar-refractivity contribution >= 4 is 17.7 Å². The van der Waals surface area contributed by atoms with Crippen LogP contribution in [0.3, 0.4) is 0 Å². The third-order valence-electron chi connectivity index (χ3n) is 2.06. The minimum absolute atomic E-state index is 0.102. The first-order chi connectivity index (χ1) is 8.50. The van der Waals surface area contributed by atoms with Gasteiger partial charge in [0.2, 0.25) is 5.91 Å². The highest BCUT2D eigenvalue weighted by Gasteiger charge is 2.07. The molecule has 7 heteroatoms. The van der Waals surface area contributed by atoms with Gasteiger partial charge in [-0.05, 0) is 12.1 Å². The molecule has 18 heavy (non-hydrogen) atoms. The minimum atomic E-state index is -0.646. The van der Waals surface area contributed by atoms with Gasteiger partial charge in [-0.2, -0.15) is 0 Å². The molecule has 0 aromatic carbocycles. The fourth-order valence-corrected chi connectivity index (χ4v) is 1.19. The number of carbonyl (C=O) groups excluding carboxylic acids is 3. The predicted octanol–water partition coefficient (Wildman–Crippen LogP) is -0.954. The Morgan fingerprint density at radius 2 is 1.89 bits per heavy atom. The van der Waals surface area contributed by atoms with E-state index < -0.39 is 5.91 Å². The van der Waals surface area contributed by atoms with Gasteiger partial charge in [0.1, 0.15) is 5.69 Å². The average Bonchev–Trinajstić information content (AvgIpc) is 2.34. The summed E-state index contributed by atoms with van der Waals surface area (Å²) in [5, 5.41) is 5.14. The van der Waals surface area contributed by atoms with Gasteiger partial charge in [-0.25, -0.2) is 0 Å². The van der Waals surface area contributed by atoms with Crippen molar-refractivity contribution in [2.75, 3.05) is 13.1 Å². The van der Waals surface area contributed by atoms with Crippen molar-refractivity contribution in [2.45, 2.75) is 6.92 Å². The van der Waals surface area contributed by atoms with Crippen LogP contribution >= 0.6 is 0 Å². The Morgan fingerprint density at radius 1 is 1.22 bits per heavy atom. The van der Waals surface area contributed by atoms with E-state index in [2.05, 4.69) is 15.6 Å². The third kappa shape index (κ3) is 4.20. The number of amides is 3. The third-order valence-corrected chi connectivity index (χ3v) is 2.06. The van der Waals surface area contributed by atoms with Gasteiger partial charge in [0.15, 0.2) is 0 Å². The van der Waals surface area contributed by atoms with Crippen molar-refractivity contribution in [3.8, 4) is 0 Å². The molecule has 7 nitrogen and oxygen atoms in total. The smallest absolute Gasteiger partial charge is 0.267 e. The molecule has 0 aliphatic rings.